The molecule has 2 N–H and O–H groups in total. The Hall–Kier alpha value is -0.570. The summed E-state index contributed by atoms with van der Waals surface area (Å²) in [6.07, 6.45) is 0.679. The van der Waals surface area contributed by atoms with E-state index in [9.17, 15) is 4.79 Å². The third-order valence-corrected chi connectivity index (χ3v) is 1.41. The van der Waals surface area contributed by atoms with Gasteiger partial charge in [0, 0.05) is 14.0 Å². The SMILES string of the molecule is CCC(N)N(C)C(C)=O. The summed E-state index contributed by atoms with van der Waals surface area (Å²) in [5.74, 6) is 0.0179. The summed E-state index contributed by atoms with van der Waals surface area (Å²) in [6.45, 7) is 3.46. The molecular formula is C6H14N2O. The van der Waals surface area contributed by atoms with Crippen LogP contribution < -0.4 is 5.73 Å². The zero-order valence-electron chi connectivity index (χ0n) is 6.22. The topological polar surface area (TPSA) is 46.3 Å². The van der Waals surface area contributed by atoms with Crippen molar-refractivity contribution in [2.24, 2.45) is 5.73 Å². The highest BCUT2D eigenvalue weighted by atomic mass is 16.2. The first-order valence-electron chi connectivity index (χ1n) is 3.08. The predicted molar refractivity (Wildman–Crippen MR) is 36.7 cm³/mol. The van der Waals surface area contributed by atoms with Crippen molar-refractivity contribution in [3.63, 3.8) is 0 Å². The van der Waals surface area contributed by atoms with E-state index in [0.29, 0.717) is 0 Å². The lowest BCUT2D eigenvalue weighted by molar-refractivity contribution is -0.129. The Balaban J connectivity index is 3.72. The maximum Gasteiger partial charge on any atom is 0.220 e. The molecule has 0 aromatic carbocycles. The van der Waals surface area contributed by atoms with E-state index < -0.39 is 0 Å². The zero-order valence-corrected chi connectivity index (χ0v) is 6.22. The van der Waals surface area contributed by atoms with Crippen LogP contribution in [0.4, 0.5) is 0 Å². The first-order valence-corrected chi connectivity index (χ1v) is 3.08. The van der Waals surface area contributed by atoms with Gasteiger partial charge in [0.05, 0.1) is 6.17 Å². The van der Waals surface area contributed by atoms with Crippen LogP contribution in [0.1, 0.15) is 20.3 Å². The third-order valence-electron chi connectivity index (χ3n) is 1.41. The number of carbonyl (C=O) groups is 1. The number of carbonyl (C=O) groups excluding carboxylic acids is 1. The number of hydrogen-bond donors (Lipinski definition) is 1. The molecule has 0 bridgehead atoms. The molecule has 0 saturated heterocycles. The Kier molecular flexibility index (Phi) is 3.24. The first kappa shape index (κ1) is 8.43. The van der Waals surface area contributed by atoms with Gasteiger partial charge in [0.1, 0.15) is 0 Å². The summed E-state index contributed by atoms with van der Waals surface area (Å²) in [5.41, 5.74) is 5.52. The second-order valence-corrected chi connectivity index (χ2v) is 2.11. The Morgan fingerprint density at radius 2 is 2.22 bits per heavy atom. The minimum atomic E-state index is -0.123. The van der Waals surface area contributed by atoms with Gasteiger partial charge in [-0.25, -0.2) is 0 Å². The van der Waals surface area contributed by atoms with Gasteiger partial charge in [-0.3, -0.25) is 4.79 Å². The highest BCUT2D eigenvalue weighted by Crippen LogP contribution is 1.92. The fourth-order valence-electron chi connectivity index (χ4n) is 0.507. The highest BCUT2D eigenvalue weighted by molar-refractivity contribution is 5.73. The van der Waals surface area contributed by atoms with E-state index in [1.807, 2.05) is 6.92 Å². The van der Waals surface area contributed by atoms with Crippen LogP contribution in [-0.2, 0) is 4.79 Å². The van der Waals surface area contributed by atoms with Gasteiger partial charge < -0.3 is 10.6 Å². The molecule has 1 atom stereocenters. The number of amides is 1. The van der Waals surface area contributed by atoms with Crippen LogP contribution in [-0.4, -0.2) is 24.0 Å². The van der Waals surface area contributed by atoms with Crippen molar-refractivity contribution >= 4 is 5.91 Å². The molecule has 0 radical (unpaired) electrons. The van der Waals surface area contributed by atoms with Crippen LogP contribution in [0.15, 0.2) is 0 Å². The van der Waals surface area contributed by atoms with Crippen LogP contribution in [0.3, 0.4) is 0 Å². The molecule has 0 aromatic heterocycles. The quantitative estimate of drug-likeness (QED) is 0.541. The van der Waals surface area contributed by atoms with Crippen molar-refractivity contribution in [1.82, 2.24) is 4.90 Å². The van der Waals surface area contributed by atoms with Gasteiger partial charge in [0.2, 0.25) is 5.91 Å². The molecule has 0 aliphatic heterocycles. The van der Waals surface area contributed by atoms with E-state index >= 15 is 0 Å². The predicted octanol–water partition coefficient (Wildman–Crippen LogP) is 0.159. The van der Waals surface area contributed by atoms with Crippen molar-refractivity contribution in [3.05, 3.63) is 0 Å². The van der Waals surface area contributed by atoms with E-state index in [0.717, 1.165) is 6.42 Å². The Morgan fingerprint density at radius 3 is 2.33 bits per heavy atom. The van der Waals surface area contributed by atoms with Gasteiger partial charge in [-0.2, -0.15) is 0 Å². The van der Waals surface area contributed by atoms with Crippen LogP contribution >= 0.6 is 0 Å². The van der Waals surface area contributed by atoms with Gasteiger partial charge >= 0.3 is 0 Å². The molecule has 3 nitrogen and oxygen atoms in total. The molecule has 0 fully saturated rings. The Bertz CT molecular complexity index is 103. The van der Waals surface area contributed by atoms with E-state index in [4.69, 9.17) is 5.73 Å². The molecule has 0 heterocycles. The van der Waals surface area contributed by atoms with E-state index in [2.05, 4.69) is 0 Å². The minimum absolute atomic E-state index is 0.0179. The molecule has 0 aliphatic rings. The van der Waals surface area contributed by atoms with Crippen LogP contribution in [0, 0.1) is 0 Å². The van der Waals surface area contributed by atoms with Gasteiger partial charge in [0.25, 0.3) is 0 Å². The molecule has 0 spiro atoms. The van der Waals surface area contributed by atoms with Gasteiger partial charge in [-0.05, 0) is 6.42 Å². The summed E-state index contributed by atoms with van der Waals surface area (Å²) in [6, 6.07) is 0. The molecule has 3 heteroatoms. The van der Waals surface area contributed by atoms with Crippen molar-refractivity contribution < 1.29 is 4.79 Å². The number of nitrogens with two attached hydrogens (primary N) is 1. The molecule has 0 rings (SSSR count). The highest BCUT2D eigenvalue weighted by Gasteiger charge is 2.07. The second kappa shape index (κ2) is 3.45. The van der Waals surface area contributed by atoms with Crippen LogP contribution in [0.2, 0.25) is 0 Å². The summed E-state index contributed by atoms with van der Waals surface area (Å²) in [4.78, 5) is 12.1. The number of rotatable bonds is 2. The molecule has 0 aliphatic carbocycles. The largest absolute Gasteiger partial charge is 0.331 e. The van der Waals surface area contributed by atoms with Crippen molar-refractivity contribution in [2.45, 2.75) is 26.4 Å². The molecule has 0 aromatic rings. The zero-order chi connectivity index (χ0) is 7.44. The van der Waals surface area contributed by atoms with Crippen molar-refractivity contribution in [1.29, 1.82) is 0 Å². The van der Waals surface area contributed by atoms with E-state index in [1.54, 1.807) is 7.05 Å². The van der Waals surface area contributed by atoms with Crippen molar-refractivity contribution in [3.8, 4) is 0 Å². The fraction of sp³-hybridized carbons (Fsp3) is 0.833. The van der Waals surface area contributed by atoms with Crippen LogP contribution in [0.5, 0.6) is 0 Å². The molecule has 1 amide bonds. The normalized spacial score (nSPS) is 12.9. The summed E-state index contributed by atoms with van der Waals surface area (Å²) in [7, 11) is 1.70. The third kappa shape index (κ3) is 2.46. The molecule has 1 unspecified atom stereocenters. The molecule has 54 valence electrons. The van der Waals surface area contributed by atoms with Gasteiger partial charge in [-0.1, -0.05) is 6.92 Å². The summed E-state index contributed by atoms with van der Waals surface area (Å²) in [5, 5.41) is 0. The molecular weight excluding hydrogens is 116 g/mol. The van der Waals surface area contributed by atoms with Crippen molar-refractivity contribution in [2.75, 3.05) is 7.05 Å². The second-order valence-electron chi connectivity index (χ2n) is 2.11. The minimum Gasteiger partial charge on any atom is -0.331 e. The fourth-order valence-corrected chi connectivity index (χ4v) is 0.507. The maximum atomic E-state index is 10.6. The maximum absolute atomic E-state index is 10.6. The molecule has 0 saturated carbocycles. The van der Waals surface area contributed by atoms with E-state index in [1.165, 1.54) is 11.8 Å². The Morgan fingerprint density at radius 1 is 1.78 bits per heavy atom. The smallest absolute Gasteiger partial charge is 0.220 e. The first-order chi connectivity index (χ1) is 4.09. The molecule has 9 heavy (non-hydrogen) atoms. The van der Waals surface area contributed by atoms with Gasteiger partial charge in [-0.15, -0.1) is 0 Å². The lowest BCUT2D eigenvalue weighted by Crippen LogP contribution is -2.41. The monoisotopic (exact) mass is 130 g/mol. The summed E-state index contributed by atoms with van der Waals surface area (Å²) < 4.78 is 0. The number of hydrogen-bond acceptors (Lipinski definition) is 2. The average molecular weight is 130 g/mol. The number of nitrogens with zero attached hydrogens (tertiary/aromatic N) is 1. The lowest BCUT2D eigenvalue weighted by atomic mass is 10.3. The van der Waals surface area contributed by atoms with Gasteiger partial charge in [0.15, 0.2) is 0 Å². The lowest BCUT2D eigenvalue weighted by Gasteiger charge is -2.21. The Labute approximate surface area is 55.8 Å². The summed E-state index contributed by atoms with van der Waals surface area (Å²) >= 11 is 0. The van der Waals surface area contributed by atoms with Crippen LogP contribution in [0.25, 0.3) is 0 Å². The standard InChI is InChI=1S/C6H14N2O/c1-4-6(7)8(3)5(2)9/h6H,4,7H2,1-3H3. The average Bonchev–Trinajstić information content (AvgIpc) is 1.84. The van der Waals surface area contributed by atoms with E-state index in [-0.39, 0.29) is 12.1 Å².